The number of methoxy groups -OCH3 is 1. The zero-order valence-electron chi connectivity index (χ0n) is 18.1. The molecule has 2 heterocycles. The van der Waals surface area contributed by atoms with Gasteiger partial charge in [-0.3, -0.25) is 14.2 Å². The van der Waals surface area contributed by atoms with E-state index in [-0.39, 0.29) is 24.4 Å². The van der Waals surface area contributed by atoms with Crippen molar-refractivity contribution >= 4 is 34.2 Å². The Bertz CT molecular complexity index is 1360. The average molecular weight is 451 g/mol. The summed E-state index contributed by atoms with van der Waals surface area (Å²) in [5.74, 6) is 0.254. The first kappa shape index (κ1) is 21.6. The number of para-hydroxylation sites is 1. The molecular weight excluding hydrogens is 428 g/mol. The second-order valence-electron chi connectivity index (χ2n) is 7.49. The number of benzene rings is 2. The van der Waals surface area contributed by atoms with Crippen LogP contribution < -0.4 is 15.6 Å². The lowest BCUT2D eigenvalue weighted by Gasteiger charge is -2.13. The predicted octanol–water partition coefficient (Wildman–Crippen LogP) is 4.49. The number of amides is 1. The number of carbonyl (C=O) groups excluding carboxylic acids is 1. The molecule has 4 rings (SSSR count). The molecule has 0 aliphatic heterocycles. The highest BCUT2D eigenvalue weighted by atomic mass is 35.5. The lowest BCUT2D eigenvalue weighted by molar-refractivity contribution is -0.116. The Kier molecular flexibility index (Phi) is 6.01. The van der Waals surface area contributed by atoms with Gasteiger partial charge in [0, 0.05) is 29.4 Å². The molecule has 0 unspecified atom stereocenters. The molecule has 2 aromatic carbocycles. The maximum atomic E-state index is 12.9. The first-order valence-corrected chi connectivity index (χ1v) is 10.6. The van der Waals surface area contributed by atoms with Gasteiger partial charge < -0.3 is 10.1 Å². The maximum absolute atomic E-state index is 12.9. The monoisotopic (exact) mass is 450 g/mol. The van der Waals surface area contributed by atoms with E-state index in [2.05, 4.69) is 10.4 Å². The van der Waals surface area contributed by atoms with Crippen molar-refractivity contribution in [2.45, 2.75) is 26.8 Å². The Hall–Kier alpha value is -3.58. The van der Waals surface area contributed by atoms with Crippen LogP contribution in [0.2, 0.25) is 5.02 Å². The molecule has 4 aromatic rings. The van der Waals surface area contributed by atoms with E-state index in [0.717, 1.165) is 22.3 Å². The number of ether oxygens (including phenoxy) is 1. The lowest BCUT2D eigenvalue weighted by atomic mass is 10.1. The fourth-order valence-corrected chi connectivity index (χ4v) is 4.01. The van der Waals surface area contributed by atoms with Crippen molar-refractivity contribution in [1.82, 2.24) is 14.3 Å². The Labute approximate surface area is 190 Å². The van der Waals surface area contributed by atoms with Crippen LogP contribution >= 0.6 is 11.6 Å². The zero-order chi connectivity index (χ0) is 22.8. The molecule has 2 aromatic heterocycles. The van der Waals surface area contributed by atoms with Gasteiger partial charge in [-0.1, -0.05) is 29.8 Å². The van der Waals surface area contributed by atoms with Crippen molar-refractivity contribution in [2.24, 2.45) is 0 Å². The summed E-state index contributed by atoms with van der Waals surface area (Å²) in [5.41, 5.74) is 3.50. The fraction of sp³-hybridized carbons (Fsp3) is 0.208. The van der Waals surface area contributed by atoms with E-state index in [9.17, 15) is 9.59 Å². The van der Waals surface area contributed by atoms with E-state index in [0.29, 0.717) is 22.1 Å². The van der Waals surface area contributed by atoms with Crippen molar-refractivity contribution < 1.29 is 9.53 Å². The molecule has 1 amide bonds. The van der Waals surface area contributed by atoms with Crippen molar-refractivity contribution in [3.8, 4) is 11.4 Å². The molecule has 164 valence electrons. The largest absolute Gasteiger partial charge is 0.495 e. The van der Waals surface area contributed by atoms with Gasteiger partial charge in [0.2, 0.25) is 5.91 Å². The Morgan fingerprint density at radius 3 is 2.59 bits per heavy atom. The number of halogens is 1. The van der Waals surface area contributed by atoms with Crippen LogP contribution in [0.1, 0.15) is 17.7 Å². The third kappa shape index (κ3) is 4.11. The standard InChI is InChI=1S/C24H23ClN4O3/c1-15-13-22(31)28(12-11-21(30)26-19-14-17(25)9-10-20(19)32-3)24-23(15)16(2)27-29(24)18-7-5-4-6-8-18/h4-10,13-14H,11-12H2,1-3H3,(H,26,30). The SMILES string of the molecule is COc1ccc(Cl)cc1NC(=O)CCn1c(=O)cc(C)c2c(C)nn(-c3ccccc3)c21. The minimum absolute atomic E-state index is 0.0900. The normalized spacial score (nSPS) is 11.0. The molecule has 0 aliphatic rings. The van der Waals surface area contributed by atoms with Crippen LogP contribution in [0.4, 0.5) is 5.69 Å². The average Bonchev–Trinajstić information content (AvgIpc) is 3.12. The number of nitrogens with one attached hydrogen (secondary N) is 1. The van der Waals surface area contributed by atoms with E-state index < -0.39 is 0 Å². The van der Waals surface area contributed by atoms with Gasteiger partial charge in [-0.15, -0.1) is 0 Å². The van der Waals surface area contributed by atoms with Gasteiger partial charge in [0.05, 0.1) is 24.2 Å². The second-order valence-corrected chi connectivity index (χ2v) is 7.93. The molecule has 0 atom stereocenters. The molecular formula is C24H23ClN4O3. The summed E-state index contributed by atoms with van der Waals surface area (Å²) >= 11 is 6.05. The molecule has 1 N–H and O–H groups in total. The topological polar surface area (TPSA) is 78.2 Å². The quantitative estimate of drug-likeness (QED) is 0.469. The Morgan fingerprint density at radius 2 is 1.88 bits per heavy atom. The summed E-state index contributed by atoms with van der Waals surface area (Å²) in [6.45, 7) is 4.01. The minimum atomic E-state index is -0.256. The molecule has 0 fully saturated rings. The van der Waals surface area contributed by atoms with Gasteiger partial charge in [-0.25, -0.2) is 4.68 Å². The number of rotatable bonds is 6. The lowest BCUT2D eigenvalue weighted by Crippen LogP contribution is -2.25. The van der Waals surface area contributed by atoms with Crippen LogP contribution in [0.25, 0.3) is 16.7 Å². The summed E-state index contributed by atoms with van der Waals surface area (Å²) in [7, 11) is 1.52. The van der Waals surface area contributed by atoms with Gasteiger partial charge in [0.15, 0.2) is 0 Å². The first-order valence-electron chi connectivity index (χ1n) is 10.2. The maximum Gasteiger partial charge on any atom is 0.252 e. The minimum Gasteiger partial charge on any atom is -0.495 e. The van der Waals surface area contributed by atoms with Crippen molar-refractivity contribution in [3.05, 3.63) is 81.2 Å². The molecule has 0 saturated heterocycles. The Balaban J connectivity index is 1.69. The van der Waals surface area contributed by atoms with E-state index in [1.165, 1.54) is 7.11 Å². The number of carbonyl (C=O) groups is 1. The summed E-state index contributed by atoms with van der Waals surface area (Å²) in [5, 5.41) is 8.89. The molecule has 7 nitrogen and oxygen atoms in total. The first-order chi connectivity index (χ1) is 15.4. The highest BCUT2D eigenvalue weighted by Gasteiger charge is 2.18. The van der Waals surface area contributed by atoms with Crippen LogP contribution in [0.15, 0.2) is 59.4 Å². The summed E-state index contributed by atoms with van der Waals surface area (Å²) in [6, 6.07) is 16.2. The number of aryl methyl sites for hydroxylation is 3. The van der Waals surface area contributed by atoms with Gasteiger partial charge >= 0.3 is 0 Å². The van der Waals surface area contributed by atoms with Crippen LogP contribution in [0.3, 0.4) is 0 Å². The number of hydrogen-bond donors (Lipinski definition) is 1. The molecule has 0 radical (unpaired) electrons. The molecule has 0 saturated carbocycles. The number of pyridine rings is 1. The molecule has 8 heteroatoms. The summed E-state index contributed by atoms with van der Waals surface area (Å²) in [6.07, 6.45) is 0.0900. The third-order valence-electron chi connectivity index (χ3n) is 5.29. The Morgan fingerprint density at radius 1 is 1.12 bits per heavy atom. The number of nitrogens with zero attached hydrogens (tertiary/aromatic N) is 3. The molecule has 0 aliphatic carbocycles. The fourth-order valence-electron chi connectivity index (χ4n) is 3.83. The van der Waals surface area contributed by atoms with E-state index in [1.807, 2.05) is 44.2 Å². The predicted molar refractivity (Wildman–Crippen MR) is 126 cm³/mol. The highest BCUT2D eigenvalue weighted by molar-refractivity contribution is 6.31. The van der Waals surface area contributed by atoms with Gasteiger partial charge in [0.1, 0.15) is 11.4 Å². The summed E-state index contributed by atoms with van der Waals surface area (Å²) < 4.78 is 8.64. The van der Waals surface area contributed by atoms with E-state index in [1.54, 1.807) is 33.5 Å². The van der Waals surface area contributed by atoms with Crippen molar-refractivity contribution in [1.29, 1.82) is 0 Å². The number of anilines is 1. The number of fused-ring (bicyclic) bond motifs is 1. The van der Waals surface area contributed by atoms with Crippen LogP contribution in [0.5, 0.6) is 5.75 Å². The van der Waals surface area contributed by atoms with Crippen LogP contribution in [0, 0.1) is 13.8 Å². The van der Waals surface area contributed by atoms with Crippen LogP contribution in [-0.2, 0) is 11.3 Å². The third-order valence-corrected chi connectivity index (χ3v) is 5.53. The van der Waals surface area contributed by atoms with Gasteiger partial charge in [0.25, 0.3) is 5.56 Å². The molecule has 0 spiro atoms. The van der Waals surface area contributed by atoms with Gasteiger partial charge in [-0.2, -0.15) is 5.10 Å². The second kappa shape index (κ2) is 8.88. The zero-order valence-corrected chi connectivity index (χ0v) is 18.8. The van der Waals surface area contributed by atoms with Crippen LogP contribution in [-0.4, -0.2) is 27.4 Å². The number of hydrogen-bond acceptors (Lipinski definition) is 4. The molecule has 0 bridgehead atoms. The number of aromatic nitrogens is 3. The van der Waals surface area contributed by atoms with E-state index >= 15 is 0 Å². The van der Waals surface area contributed by atoms with Gasteiger partial charge in [-0.05, 0) is 49.7 Å². The van der Waals surface area contributed by atoms with Crippen molar-refractivity contribution in [3.63, 3.8) is 0 Å². The summed E-state index contributed by atoms with van der Waals surface area (Å²) in [4.78, 5) is 25.6. The van der Waals surface area contributed by atoms with Crippen molar-refractivity contribution in [2.75, 3.05) is 12.4 Å². The van der Waals surface area contributed by atoms with E-state index in [4.69, 9.17) is 16.3 Å². The highest BCUT2D eigenvalue weighted by Crippen LogP contribution is 2.28. The molecule has 32 heavy (non-hydrogen) atoms. The smallest absolute Gasteiger partial charge is 0.252 e.